The smallest absolute Gasteiger partial charge is 0.374 e. The Kier molecular flexibility index (Phi) is 7.15. The zero-order valence-corrected chi connectivity index (χ0v) is 21.5. The Morgan fingerprint density at radius 1 is 1.00 bits per heavy atom. The number of nitrogens with one attached hydrogen (secondary N) is 1. The van der Waals surface area contributed by atoms with Crippen LogP contribution in [0.1, 0.15) is 51.5 Å². The summed E-state index contributed by atoms with van der Waals surface area (Å²) in [6, 6.07) is 3.74. The normalized spacial score (nSPS) is 21.2. The van der Waals surface area contributed by atoms with Gasteiger partial charge in [-0.2, -0.15) is 51.3 Å². The van der Waals surface area contributed by atoms with Crippen LogP contribution in [-0.4, -0.2) is 34.8 Å². The van der Waals surface area contributed by atoms with Gasteiger partial charge >= 0.3 is 18.5 Å². The lowest BCUT2D eigenvalue weighted by atomic mass is 9.84. The van der Waals surface area contributed by atoms with Crippen LogP contribution in [0.3, 0.4) is 0 Å². The average Bonchev–Trinajstić information content (AvgIpc) is 3.23. The number of carbonyl (C=O) groups is 1. The molecule has 15 heteroatoms. The molecule has 0 bridgehead atoms. The van der Waals surface area contributed by atoms with Crippen LogP contribution in [0.5, 0.6) is 0 Å². The molecule has 212 valence electrons. The average molecular weight is 605 g/mol. The first kappa shape index (κ1) is 29.4. The molecule has 0 aromatic heterocycles. The summed E-state index contributed by atoms with van der Waals surface area (Å²) >= 11 is 6.97. The largest absolute Gasteiger partial charge is 0.435 e. The predicted octanol–water partition coefficient (Wildman–Crippen LogP) is 7.50. The van der Waals surface area contributed by atoms with E-state index in [1.54, 1.807) is 11.8 Å². The first-order valence-electron chi connectivity index (χ1n) is 11.1. The molecule has 0 saturated carbocycles. The van der Waals surface area contributed by atoms with Crippen molar-refractivity contribution in [3.8, 4) is 0 Å². The van der Waals surface area contributed by atoms with Gasteiger partial charge in [-0.15, -0.1) is 0 Å². The number of amides is 1. The zero-order chi connectivity index (χ0) is 29.2. The van der Waals surface area contributed by atoms with Crippen LogP contribution in [0.2, 0.25) is 5.02 Å². The number of hydrogen-bond acceptors (Lipinski definition) is 4. The fraction of sp³-hybridized carbons (Fsp3) is 0.417. The number of hydrogen-bond donors (Lipinski definition) is 1. The van der Waals surface area contributed by atoms with Crippen molar-refractivity contribution >= 4 is 35.0 Å². The van der Waals surface area contributed by atoms with Gasteiger partial charge in [0, 0.05) is 29.1 Å². The number of aryl methyl sites for hydroxylation is 1. The van der Waals surface area contributed by atoms with E-state index in [0.29, 0.717) is 17.1 Å². The van der Waals surface area contributed by atoms with Crippen LogP contribution in [0, 0.1) is 6.92 Å². The first-order valence-corrected chi connectivity index (χ1v) is 12.6. The second-order valence-corrected chi connectivity index (χ2v) is 10.9. The van der Waals surface area contributed by atoms with E-state index in [-0.39, 0.29) is 29.0 Å². The zero-order valence-electron chi connectivity index (χ0n) is 20.0. The monoisotopic (exact) mass is 604 g/mol. The van der Waals surface area contributed by atoms with Crippen LogP contribution in [-0.2, 0) is 22.8 Å². The molecule has 2 aromatic rings. The van der Waals surface area contributed by atoms with Gasteiger partial charge in [-0.3, -0.25) is 4.79 Å². The highest BCUT2D eigenvalue weighted by Gasteiger charge is 2.63. The summed E-state index contributed by atoms with van der Waals surface area (Å²) in [6.07, 6.45) is -17.7. The van der Waals surface area contributed by atoms with Crippen LogP contribution in [0.15, 0.2) is 35.5 Å². The van der Waals surface area contributed by atoms with E-state index < -0.39 is 63.7 Å². The van der Waals surface area contributed by atoms with Crippen LogP contribution in [0.25, 0.3) is 0 Å². The third-order valence-electron chi connectivity index (χ3n) is 6.40. The molecule has 1 unspecified atom stereocenters. The molecule has 0 radical (unpaired) electrons. The van der Waals surface area contributed by atoms with Gasteiger partial charge in [0.05, 0.1) is 27.4 Å². The van der Waals surface area contributed by atoms with Gasteiger partial charge < -0.3 is 10.2 Å². The third-order valence-corrected chi connectivity index (χ3v) is 8.49. The minimum Gasteiger partial charge on any atom is -0.374 e. The minimum atomic E-state index is -5.50. The van der Waals surface area contributed by atoms with Gasteiger partial charge in [-0.05, 0) is 49.2 Å². The molecule has 4 rings (SSSR count). The molecular formula is C24H18ClF9N2O2S. The van der Waals surface area contributed by atoms with E-state index >= 15 is 0 Å². The molecule has 1 fully saturated rings. The standard InChI is InChI=1S/C24H18ClF9N2O2S/c1-11-5-12(3-4-14(11)19(37)35-20(2)9-39-10-20)17-8-21(38-36-17,24(32,33)34)13-6-15(22(26,27)28)18(25)16(7-13)23(29,30)31/h3-7H,8-10H2,1-2H3,(H,35,37). The SMILES string of the molecule is Cc1cc(C2=NOC(c3cc(C(F)(F)F)c(Cl)c(C(F)(F)F)c3)(C(F)(F)F)C2)ccc1C(=O)NC1(C)CSC1. The molecule has 2 aliphatic rings. The van der Waals surface area contributed by atoms with E-state index in [4.69, 9.17) is 11.6 Å². The molecule has 1 atom stereocenters. The van der Waals surface area contributed by atoms with E-state index in [9.17, 15) is 44.3 Å². The third kappa shape index (κ3) is 5.41. The van der Waals surface area contributed by atoms with Crippen molar-refractivity contribution in [2.75, 3.05) is 11.5 Å². The van der Waals surface area contributed by atoms with Crippen molar-refractivity contribution < 1.29 is 49.1 Å². The molecule has 1 amide bonds. The van der Waals surface area contributed by atoms with Gasteiger partial charge in [0.1, 0.15) is 0 Å². The van der Waals surface area contributed by atoms with Gasteiger partial charge in [0.25, 0.3) is 11.5 Å². The summed E-state index contributed by atoms with van der Waals surface area (Å²) in [5.41, 5.74) is -9.46. The molecular weight excluding hydrogens is 587 g/mol. The number of thioether (sulfide) groups is 1. The van der Waals surface area contributed by atoms with Crippen molar-refractivity contribution in [3.05, 3.63) is 68.7 Å². The number of nitrogens with zero attached hydrogens (tertiary/aromatic N) is 1. The van der Waals surface area contributed by atoms with Crippen molar-refractivity contribution in [3.63, 3.8) is 0 Å². The van der Waals surface area contributed by atoms with E-state index in [0.717, 1.165) is 0 Å². The van der Waals surface area contributed by atoms with Crippen LogP contribution < -0.4 is 5.32 Å². The molecule has 0 aliphatic carbocycles. The topological polar surface area (TPSA) is 50.7 Å². The lowest BCUT2D eigenvalue weighted by Crippen LogP contribution is -2.55. The number of halogens is 10. The first-order chi connectivity index (χ1) is 17.8. The Bertz CT molecular complexity index is 1320. The molecule has 2 aliphatic heterocycles. The van der Waals surface area contributed by atoms with Gasteiger partial charge in [-0.25, -0.2) is 0 Å². The number of rotatable bonds is 4. The fourth-order valence-corrected chi connectivity index (χ4v) is 5.53. The molecule has 1 N–H and O–H groups in total. The highest BCUT2D eigenvalue weighted by atomic mass is 35.5. The highest BCUT2D eigenvalue weighted by Crippen LogP contribution is 2.52. The minimum absolute atomic E-state index is 0.0432. The summed E-state index contributed by atoms with van der Waals surface area (Å²) in [7, 11) is 0. The Morgan fingerprint density at radius 3 is 2.00 bits per heavy atom. The number of alkyl halides is 9. The fourth-order valence-electron chi connectivity index (χ4n) is 4.25. The Labute approximate surface area is 224 Å². The predicted molar refractivity (Wildman–Crippen MR) is 126 cm³/mol. The van der Waals surface area contributed by atoms with Crippen molar-refractivity contribution in [1.29, 1.82) is 0 Å². The van der Waals surface area contributed by atoms with Crippen molar-refractivity contribution in [2.24, 2.45) is 5.16 Å². The summed E-state index contributed by atoms with van der Waals surface area (Å²) < 4.78 is 124. The summed E-state index contributed by atoms with van der Waals surface area (Å²) in [5, 5.41) is 4.50. The molecule has 4 nitrogen and oxygen atoms in total. The number of carbonyl (C=O) groups excluding carboxylic acids is 1. The lowest BCUT2D eigenvalue weighted by molar-refractivity contribution is -0.276. The second-order valence-electron chi connectivity index (χ2n) is 9.55. The van der Waals surface area contributed by atoms with Crippen molar-refractivity contribution in [2.45, 2.75) is 49.9 Å². The molecule has 0 spiro atoms. The maximum Gasteiger partial charge on any atom is 0.435 e. The van der Waals surface area contributed by atoms with Crippen LogP contribution >= 0.6 is 23.4 Å². The summed E-state index contributed by atoms with van der Waals surface area (Å²) in [6.45, 7) is 3.38. The maximum atomic E-state index is 14.3. The number of oxime groups is 1. The molecule has 1 saturated heterocycles. The van der Waals surface area contributed by atoms with E-state index in [1.807, 2.05) is 6.92 Å². The highest BCUT2D eigenvalue weighted by molar-refractivity contribution is 8.00. The van der Waals surface area contributed by atoms with Gasteiger partial charge in [0.15, 0.2) is 0 Å². The van der Waals surface area contributed by atoms with Crippen molar-refractivity contribution in [1.82, 2.24) is 5.32 Å². The molecule has 2 heterocycles. The van der Waals surface area contributed by atoms with Crippen LogP contribution in [0.4, 0.5) is 39.5 Å². The van der Waals surface area contributed by atoms with Gasteiger partial charge in [-0.1, -0.05) is 22.8 Å². The Balaban J connectivity index is 1.72. The lowest BCUT2D eigenvalue weighted by Gasteiger charge is -2.38. The Morgan fingerprint density at radius 2 is 1.56 bits per heavy atom. The number of benzene rings is 2. The summed E-state index contributed by atoms with van der Waals surface area (Å²) in [4.78, 5) is 17.3. The second kappa shape index (κ2) is 9.50. The molecule has 2 aromatic carbocycles. The van der Waals surface area contributed by atoms with E-state index in [1.165, 1.54) is 25.1 Å². The quantitative estimate of drug-likeness (QED) is 0.368. The molecule has 39 heavy (non-hydrogen) atoms. The Hall–Kier alpha value is -2.61. The maximum absolute atomic E-state index is 14.3. The van der Waals surface area contributed by atoms with Gasteiger partial charge in [0.2, 0.25) is 0 Å². The summed E-state index contributed by atoms with van der Waals surface area (Å²) in [5.74, 6) is 1.01. The van der Waals surface area contributed by atoms with E-state index in [2.05, 4.69) is 15.3 Å².